The molecule has 0 aliphatic carbocycles. The topological polar surface area (TPSA) is 65.8 Å². The smallest absolute Gasteiger partial charge is 0.236 e. The zero-order valence-electron chi connectivity index (χ0n) is 14.2. The zero-order valence-corrected chi connectivity index (χ0v) is 14.2. The van der Waals surface area contributed by atoms with E-state index in [0.717, 1.165) is 24.3 Å². The number of anilines is 1. The van der Waals surface area contributed by atoms with Gasteiger partial charge >= 0.3 is 0 Å². The van der Waals surface area contributed by atoms with E-state index < -0.39 is 0 Å². The van der Waals surface area contributed by atoms with Gasteiger partial charge in [0.1, 0.15) is 12.1 Å². The Morgan fingerprint density at radius 2 is 2.04 bits per heavy atom. The third kappa shape index (κ3) is 2.73. The van der Waals surface area contributed by atoms with Gasteiger partial charge in [-0.2, -0.15) is 0 Å². The van der Waals surface area contributed by atoms with E-state index >= 15 is 0 Å². The van der Waals surface area contributed by atoms with Crippen LogP contribution in [0, 0.1) is 0 Å². The van der Waals surface area contributed by atoms with Crippen LogP contribution < -0.4 is 5.32 Å². The lowest BCUT2D eigenvalue weighted by atomic mass is 9.97. The van der Waals surface area contributed by atoms with Crippen molar-refractivity contribution in [2.45, 2.75) is 43.8 Å². The van der Waals surface area contributed by atoms with Crippen LogP contribution in [-0.4, -0.2) is 69.1 Å². The molecule has 128 valence electrons. The molecule has 0 spiro atoms. The number of hydrogen-bond donors (Lipinski definition) is 1. The van der Waals surface area contributed by atoms with Crippen molar-refractivity contribution >= 4 is 17.4 Å². The molecule has 0 radical (unpaired) electrons. The molecular formula is C17H24N6O. The number of fused-ring (bicyclic) bond motifs is 3. The second-order valence-corrected chi connectivity index (χ2v) is 7.13. The lowest BCUT2D eigenvalue weighted by Gasteiger charge is -2.39. The third-order valence-electron chi connectivity index (χ3n) is 5.39. The molecule has 2 aliphatic rings. The molecule has 1 N–H and O–H groups in total. The number of aromatic nitrogens is 3. The molecule has 1 amide bonds. The summed E-state index contributed by atoms with van der Waals surface area (Å²) in [4.78, 5) is 16.2. The summed E-state index contributed by atoms with van der Waals surface area (Å²) in [6.45, 7) is 0.552. The van der Waals surface area contributed by atoms with Gasteiger partial charge in [-0.1, -0.05) is 6.07 Å². The highest BCUT2D eigenvalue weighted by molar-refractivity contribution is 5.77. The predicted octanol–water partition coefficient (Wildman–Crippen LogP) is 1.22. The Balaban J connectivity index is 1.45. The summed E-state index contributed by atoms with van der Waals surface area (Å²) >= 11 is 0. The van der Waals surface area contributed by atoms with E-state index in [0.29, 0.717) is 24.7 Å². The van der Waals surface area contributed by atoms with E-state index in [1.165, 1.54) is 12.8 Å². The van der Waals surface area contributed by atoms with E-state index in [4.69, 9.17) is 0 Å². The second-order valence-electron chi connectivity index (χ2n) is 7.13. The summed E-state index contributed by atoms with van der Waals surface area (Å²) in [6.07, 6.45) is 6.30. The number of carbonyl (C=O) groups excluding carboxylic acids is 1. The summed E-state index contributed by atoms with van der Waals surface area (Å²) in [5.74, 6) is 1.24. The summed E-state index contributed by atoms with van der Waals surface area (Å²) in [7, 11) is 3.66. The van der Waals surface area contributed by atoms with Crippen LogP contribution in [0.3, 0.4) is 0 Å². The Labute approximate surface area is 141 Å². The fourth-order valence-electron chi connectivity index (χ4n) is 4.12. The summed E-state index contributed by atoms with van der Waals surface area (Å²) < 4.78 is 1.99. The Kier molecular flexibility index (Phi) is 3.88. The van der Waals surface area contributed by atoms with Crippen molar-refractivity contribution in [3.05, 3.63) is 24.5 Å². The second kappa shape index (κ2) is 6.05. The van der Waals surface area contributed by atoms with Crippen molar-refractivity contribution in [3.8, 4) is 0 Å². The first-order valence-electron chi connectivity index (χ1n) is 8.63. The molecule has 2 bridgehead atoms. The van der Waals surface area contributed by atoms with Crippen molar-refractivity contribution in [3.63, 3.8) is 0 Å². The standard InChI is InChI=1S/C17H24N6O/c1-21(2)17(24)10-22-13-6-7-14(22)9-12(8-13)19-15-4-3-5-16-20-18-11-23(15)16/h3-5,11-14,19H,6-10H2,1-2H3. The molecule has 2 aromatic heterocycles. The number of pyridine rings is 1. The normalized spacial score (nSPS) is 26.7. The number of carbonyl (C=O) groups is 1. The van der Waals surface area contributed by atoms with E-state index in [2.05, 4.69) is 26.5 Å². The van der Waals surface area contributed by atoms with Crippen LogP contribution in [0.15, 0.2) is 24.5 Å². The highest BCUT2D eigenvalue weighted by Crippen LogP contribution is 2.36. The number of hydrogen-bond acceptors (Lipinski definition) is 5. The molecule has 2 saturated heterocycles. The lowest BCUT2D eigenvalue weighted by molar-refractivity contribution is -0.131. The fourth-order valence-corrected chi connectivity index (χ4v) is 4.12. The van der Waals surface area contributed by atoms with Gasteiger partial charge in [0.05, 0.1) is 6.54 Å². The van der Waals surface area contributed by atoms with Gasteiger partial charge in [-0.05, 0) is 37.8 Å². The molecule has 2 fully saturated rings. The summed E-state index contributed by atoms with van der Waals surface area (Å²) in [5, 5.41) is 11.7. The van der Waals surface area contributed by atoms with Crippen LogP contribution >= 0.6 is 0 Å². The van der Waals surface area contributed by atoms with Gasteiger partial charge < -0.3 is 10.2 Å². The maximum Gasteiger partial charge on any atom is 0.236 e. The molecule has 2 unspecified atom stereocenters. The summed E-state index contributed by atoms with van der Waals surface area (Å²) in [6, 6.07) is 7.47. The number of likely N-dealkylation sites (N-methyl/N-ethyl adjacent to an activating group) is 1. The molecule has 4 heterocycles. The minimum absolute atomic E-state index is 0.201. The molecule has 2 aromatic rings. The quantitative estimate of drug-likeness (QED) is 0.914. The van der Waals surface area contributed by atoms with Crippen LogP contribution in [0.2, 0.25) is 0 Å². The molecule has 2 aliphatic heterocycles. The molecule has 24 heavy (non-hydrogen) atoms. The van der Waals surface area contributed by atoms with E-state index in [1.54, 1.807) is 11.2 Å². The van der Waals surface area contributed by atoms with Crippen molar-refractivity contribution in [2.75, 3.05) is 26.0 Å². The molecule has 0 aromatic carbocycles. The number of piperidine rings is 1. The number of amides is 1. The molecule has 7 nitrogen and oxygen atoms in total. The Morgan fingerprint density at radius 3 is 2.75 bits per heavy atom. The monoisotopic (exact) mass is 328 g/mol. The van der Waals surface area contributed by atoms with Gasteiger partial charge in [0.2, 0.25) is 5.91 Å². The highest BCUT2D eigenvalue weighted by Gasteiger charge is 2.41. The number of rotatable bonds is 4. The first-order valence-corrected chi connectivity index (χ1v) is 8.63. The lowest BCUT2D eigenvalue weighted by Crippen LogP contribution is -2.50. The van der Waals surface area contributed by atoms with Crippen molar-refractivity contribution in [1.29, 1.82) is 0 Å². The number of nitrogens with one attached hydrogen (secondary N) is 1. The minimum Gasteiger partial charge on any atom is -0.368 e. The van der Waals surface area contributed by atoms with E-state index in [1.807, 2.05) is 30.6 Å². The Bertz CT molecular complexity index is 728. The largest absolute Gasteiger partial charge is 0.368 e. The first-order chi connectivity index (χ1) is 11.6. The highest BCUT2D eigenvalue weighted by atomic mass is 16.2. The SMILES string of the molecule is CN(C)C(=O)CN1C2CCC1CC(Nc1cccc3nncn13)C2. The predicted molar refractivity (Wildman–Crippen MR) is 91.8 cm³/mol. The van der Waals surface area contributed by atoms with E-state index in [9.17, 15) is 4.79 Å². The van der Waals surface area contributed by atoms with Gasteiger partial charge in [-0.15, -0.1) is 10.2 Å². The average Bonchev–Trinajstić information content (AvgIpc) is 3.11. The van der Waals surface area contributed by atoms with Gasteiger partial charge in [0, 0.05) is 32.2 Å². The molecule has 4 rings (SSSR count). The van der Waals surface area contributed by atoms with Crippen LogP contribution in [0.25, 0.3) is 5.65 Å². The van der Waals surface area contributed by atoms with Crippen LogP contribution in [0.4, 0.5) is 5.82 Å². The van der Waals surface area contributed by atoms with Crippen molar-refractivity contribution in [2.24, 2.45) is 0 Å². The molecule has 2 atom stereocenters. The van der Waals surface area contributed by atoms with Gasteiger partial charge in [-0.25, -0.2) is 0 Å². The Hall–Kier alpha value is -2.15. The van der Waals surface area contributed by atoms with Crippen LogP contribution in [0.1, 0.15) is 25.7 Å². The van der Waals surface area contributed by atoms with Crippen molar-refractivity contribution in [1.82, 2.24) is 24.4 Å². The first kappa shape index (κ1) is 15.4. The molecule has 0 saturated carbocycles. The third-order valence-corrected chi connectivity index (χ3v) is 5.39. The summed E-state index contributed by atoms with van der Waals surface area (Å²) in [5.41, 5.74) is 0.858. The van der Waals surface area contributed by atoms with E-state index in [-0.39, 0.29) is 5.91 Å². The van der Waals surface area contributed by atoms with Crippen LogP contribution in [0.5, 0.6) is 0 Å². The molecule has 7 heteroatoms. The maximum absolute atomic E-state index is 12.1. The van der Waals surface area contributed by atoms with Crippen molar-refractivity contribution < 1.29 is 4.79 Å². The number of nitrogens with zero attached hydrogens (tertiary/aromatic N) is 5. The minimum atomic E-state index is 0.201. The van der Waals surface area contributed by atoms with Gasteiger partial charge in [0.25, 0.3) is 0 Å². The average molecular weight is 328 g/mol. The Morgan fingerprint density at radius 1 is 1.29 bits per heavy atom. The maximum atomic E-state index is 12.1. The van der Waals surface area contributed by atoms with Gasteiger partial charge in [-0.3, -0.25) is 14.1 Å². The van der Waals surface area contributed by atoms with Gasteiger partial charge in [0.15, 0.2) is 5.65 Å². The molecular weight excluding hydrogens is 304 g/mol. The van der Waals surface area contributed by atoms with Crippen LogP contribution in [-0.2, 0) is 4.79 Å². The zero-order chi connectivity index (χ0) is 16.7. The fraction of sp³-hybridized carbons (Fsp3) is 0.588.